The normalized spacial score (nSPS) is 10.8. The number of nitrogens with zero attached hydrogens (tertiary/aromatic N) is 1. The maximum atomic E-state index is 11.4. The van der Waals surface area contributed by atoms with Crippen LogP contribution in [0.25, 0.3) is 33.3 Å². The second-order valence-corrected chi connectivity index (χ2v) is 6.89. The Kier molecular flexibility index (Phi) is 5.12. The van der Waals surface area contributed by atoms with E-state index < -0.39 is 5.91 Å². The fourth-order valence-electron chi connectivity index (χ4n) is 3.61. The second kappa shape index (κ2) is 7.91. The Morgan fingerprint density at radius 2 is 1.58 bits per heavy atom. The van der Waals surface area contributed by atoms with Gasteiger partial charge in [0.25, 0.3) is 0 Å². The highest BCUT2D eigenvalue weighted by Crippen LogP contribution is 2.41. The maximum absolute atomic E-state index is 11.4. The molecule has 8 nitrogen and oxygen atoms in total. The molecule has 4 N–H and O–H groups in total. The summed E-state index contributed by atoms with van der Waals surface area (Å²) in [6.07, 6.45) is 3.40. The second-order valence-electron chi connectivity index (χ2n) is 6.89. The van der Waals surface area contributed by atoms with Gasteiger partial charge in [0.1, 0.15) is 6.20 Å². The molecule has 8 heteroatoms. The first-order valence-corrected chi connectivity index (χ1v) is 9.43. The van der Waals surface area contributed by atoms with E-state index in [0.717, 1.165) is 32.4 Å². The van der Waals surface area contributed by atoms with Crippen LogP contribution in [0.2, 0.25) is 0 Å². The fraction of sp³-hybridized carbons (Fsp3) is 0.130. The van der Waals surface area contributed by atoms with Crippen LogP contribution in [-0.2, 0) is 0 Å². The highest BCUT2D eigenvalue weighted by molar-refractivity contribution is 5.96. The SMILES string of the molecule is COc1cc(-c2cc3c(-c4ccc(C(N)=O)cc4)c[nH]c3[n+](O)c2)cc(OC)c1OC. The summed E-state index contributed by atoms with van der Waals surface area (Å²) >= 11 is 0. The third-order valence-electron chi connectivity index (χ3n) is 5.17. The van der Waals surface area contributed by atoms with Gasteiger partial charge in [0, 0.05) is 16.7 Å². The molecule has 0 aliphatic heterocycles. The summed E-state index contributed by atoms with van der Waals surface area (Å²) < 4.78 is 17.3. The summed E-state index contributed by atoms with van der Waals surface area (Å²) in [4.78, 5) is 14.4. The standard InChI is InChI=1S/C23H21N3O5/c1-29-19-9-15(10-20(30-2)21(19)31-3)16-8-17-18(11-25-23(17)26(28)12-16)13-4-6-14(7-5-13)22(24)27/h4-12,28H,1-3H3,(H2,24,27)/p+1. The van der Waals surface area contributed by atoms with Crippen molar-refractivity contribution < 1.29 is 28.9 Å². The Labute approximate surface area is 178 Å². The highest BCUT2D eigenvalue weighted by Gasteiger charge is 2.20. The van der Waals surface area contributed by atoms with Gasteiger partial charge in [-0.05, 0) is 41.5 Å². The number of aromatic nitrogens is 2. The summed E-state index contributed by atoms with van der Waals surface area (Å²) in [6.45, 7) is 0. The number of pyridine rings is 1. The van der Waals surface area contributed by atoms with Crippen LogP contribution in [0.5, 0.6) is 17.2 Å². The predicted octanol–water partition coefficient (Wildman–Crippen LogP) is 3.15. The zero-order valence-electron chi connectivity index (χ0n) is 17.3. The van der Waals surface area contributed by atoms with Crippen LogP contribution in [-0.4, -0.2) is 37.4 Å². The molecule has 0 atom stereocenters. The minimum atomic E-state index is -0.483. The summed E-state index contributed by atoms with van der Waals surface area (Å²) in [5, 5.41) is 11.4. The van der Waals surface area contributed by atoms with E-state index in [1.54, 1.807) is 45.9 Å². The molecule has 0 saturated heterocycles. The van der Waals surface area contributed by atoms with Crippen LogP contribution >= 0.6 is 0 Å². The summed E-state index contributed by atoms with van der Waals surface area (Å²) in [5.41, 5.74) is 9.55. The number of benzene rings is 2. The van der Waals surface area contributed by atoms with Crippen LogP contribution in [0.3, 0.4) is 0 Å². The number of primary amides is 1. The van der Waals surface area contributed by atoms with Gasteiger partial charge in [-0.1, -0.05) is 16.9 Å². The van der Waals surface area contributed by atoms with Crippen molar-refractivity contribution in [1.29, 1.82) is 0 Å². The quantitative estimate of drug-likeness (QED) is 0.328. The first-order valence-electron chi connectivity index (χ1n) is 9.43. The number of H-pyrrole nitrogens is 1. The molecule has 0 aliphatic rings. The molecule has 0 spiro atoms. The number of nitrogens with two attached hydrogens (primary N) is 1. The van der Waals surface area contributed by atoms with Crippen LogP contribution in [0.4, 0.5) is 0 Å². The topological polar surface area (TPSA) is 111 Å². The van der Waals surface area contributed by atoms with E-state index in [-0.39, 0.29) is 0 Å². The van der Waals surface area contributed by atoms with Gasteiger partial charge in [-0.2, -0.15) is 0 Å². The summed E-state index contributed by atoms with van der Waals surface area (Å²) in [7, 11) is 4.65. The van der Waals surface area contributed by atoms with Crippen molar-refractivity contribution in [2.75, 3.05) is 21.3 Å². The Balaban J connectivity index is 1.88. The van der Waals surface area contributed by atoms with E-state index in [1.807, 2.05) is 30.3 Å². The Morgan fingerprint density at radius 1 is 0.935 bits per heavy atom. The number of hydrogen-bond acceptors (Lipinski definition) is 5. The Morgan fingerprint density at radius 3 is 2.13 bits per heavy atom. The van der Waals surface area contributed by atoms with Crippen molar-refractivity contribution in [1.82, 2.24) is 4.98 Å². The van der Waals surface area contributed by atoms with Crippen LogP contribution < -0.4 is 24.7 Å². The first-order chi connectivity index (χ1) is 15.0. The molecule has 2 aromatic heterocycles. The van der Waals surface area contributed by atoms with Crippen molar-refractivity contribution in [2.45, 2.75) is 0 Å². The molecule has 0 unspecified atom stereocenters. The number of ether oxygens (including phenoxy) is 3. The van der Waals surface area contributed by atoms with Gasteiger partial charge in [-0.25, -0.2) is 4.98 Å². The van der Waals surface area contributed by atoms with Gasteiger partial charge >= 0.3 is 5.65 Å². The molecule has 0 bridgehead atoms. The van der Waals surface area contributed by atoms with Crippen molar-refractivity contribution in [3.8, 4) is 39.5 Å². The number of carbonyl (C=O) groups is 1. The number of aromatic amines is 1. The monoisotopic (exact) mass is 420 g/mol. The van der Waals surface area contributed by atoms with Crippen molar-refractivity contribution >= 4 is 16.9 Å². The lowest BCUT2D eigenvalue weighted by Crippen LogP contribution is -2.30. The lowest BCUT2D eigenvalue weighted by molar-refractivity contribution is -0.885. The van der Waals surface area contributed by atoms with Crippen molar-refractivity contribution in [3.63, 3.8) is 0 Å². The van der Waals surface area contributed by atoms with Crippen LogP contribution in [0.15, 0.2) is 54.9 Å². The Hall–Kier alpha value is -4.20. The predicted molar refractivity (Wildman–Crippen MR) is 115 cm³/mol. The van der Waals surface area contributed by atoms with Crippen molar-refractivity contribution in [2.24, 2.45) is 5.73 Å². The van der Waals surface area contributed by atoms with E-state index >= 15 is 0 Å². The molecule has 0 fully saturated rings. The van der Waals surface area contributed by atoms with Gasteiger partial charge in [0.05, 0.1) is 32.9 Å². The molecule has 0 radical (unpaired) electrons. The zero-order valence-corrected chi connectivity index (χ0v) is 17.3. The molecule has 4 rings (SSSR count). The number of rotatable bonds is 6. The number of nitrogens with one attached hydrogen (secondary N) is 1. The fourth-order valence-corrected chi connectivity index (χ4v) is 3.61. The molecule has 2 aromatic carbocycles. The molecule has 4 aromatic rings. The molecular formula is C23H22N3O5+. The van der Waals surface area contributed by atoms with Crippen LogP contribution in [0.1, 0.15) is 10.4 Å². The average Bonchev–Trinajstić information content (AvgIpc) is 3.22. The lowest BCUT2D eigenvalue weighted by Gasteiger charge is -2.14. The van der Waals surface area contributed by atoms with E-state index in [1.165, 1.54) is 0 Å². The summed E-state index contributed by atoms with van der Waals surface area (Å²) in [5.74, 6) is 1.03. The smallest absolute Gasteiger partial charge is 0.326 e. The van der Waals surface area contributed by atoms with E-state index in [0.29, 0.717) is 28.5 Å². The van der Waals surface area contributed by atoms with Crippen molar-refractivity contribution in [3.05, 3.63) is 60.4 Å². The lowest BCUT2D eigenvalue weighted by atomic mass is 10.0. The number of fused-ring (bicyclic) bond motifs is 1. The molecule has 158 valence electrons. The zero-order chi connectivity index (χ0) is 22.1. The molecule has 2 heterocycles. The number of hydrogen-bond donors (Lipinski definition) is 3. The first kappa shape index (κ1) is 20.1. The maximum Gasteiger partial charge on any atom is 0.326 e. The minimum Gasteiger partial charge on any atom is -0.493 e. The number of amides is 1. The third kappa shape index (κ3) is 3.48. The molecule has 31 heavy (non-hydrogen) atoms. The molecule has 0 aliphatic carbocycles. The van der Waals surface area contributed by atoms with Crippen LogP contribution in [0, 0.1) is 0 Å². The van der Waals surface area contributed by atoms with Gasteiger partial charge in [0.15, 0.2) is 11.5 Å². The third-order valence-corrected chi connectivity index (χ3v) is 5.17. The van der Waals surface area contributed by atoms with Gasteiger partial charge in [-0.15, -0.1) is 0 Å². The Bertz CT molecular complexity index is 1250. The minimum absolute atomic E-state index is 0.430. The molecule has 1 amide bonds. The average molecular weight is 420 g/mol. The van der Waals surface area contributed by atoms with Gasteiger partial charge in [-0.3, -0.25) is 4.79 Å². The van der Waals surface area contributed by atoms with E-state index in [2.05, 4.69) is 4.98 Å². The van der Waals surface area contributed by atoms with Gasteiger partial charge < -0.3 is 25.2 Å². The van der Waals surface area contributed by atoms with Gasteiger partial charge in [0.2, 0.25) is 11.7 Å². The molecular weight excluding hydrogens is 398 g/mol. The number of carbonyl (C=O) groups excluding carboxylic acids is 1. The van der Waals surface area contributed by atoms with E-state index in [4.69, 9.17) is 19.9 Å². The highest BCUT2D eigenvalue weighted by atomic mass is 16.5. The summed E-state index contributed by atoms with van der Waals surface area (Å²) in [6, 6.07) is 12.6. The van der Waals surface area contributed by atoms with E-state index in [9.17, 15) is 10.0 Å². The molecule has 0 saturated carbocycles. The largest absolute Gasteiger partial charge is 0.493 e. The number of methoxy groups -OCH3 is 3.